The summed E-state index contributed by atoms with van der Waals surface area (Å²) in [5, 5.41) is 0. The van der Waals surface area contributed by atoms with E-state index in [-0.39, 0.29) is 24.1 Å². The van der Waals surface area contributed by atoms with E-state index in [0.717, 1.165) is 16.9 Å². The third-order valence-corrected chi connectivity index (χ3v) is 6.49. The Morgan fingerprint density at radius 3 is 2.41 bits per heavy atom. The summed E-state index contributed by atoms with van der Waals surface area (Å²) in [5.41, 5.74) is 0.861. The van der Waals surface area contributed by atoms with Gasteiger partial charge in [0.25, 0.3) is 0 Å². The predicted octanol–water partition coefficient (Wildman–Crippen LogP) is 5.03. The van der Waals surface area contributed by atoms with Crippen molar-refractivity contribution in [2.75, 3.05) is 20.2 Å². The standard InChI is InChI=1S/C26H36N2O4/c1-8-12-26(13-9-2)17-21-22(20-11-10-19(31-7)16-18(20)3)28(15-14-27(21)23(26)29)24(30)32-25(4,5)6/h8-11,16,21-22H,1-2,12-15,17H2,3-7H3/t21-,22+/m0/s1. The highest BCUT2D eigenvalue weighted by Crippen LogP contribution is 2.49. The molecule has 2 heterocycles. The number of carbonyl (C=O) groups is 2. The Bertz CT molecular complexity index is 892. The van der Waals surface area contributed by atoms with Crippen LogP contribution in [0.4, 0.5) is 4.79 Å². The van der Waals surface area contributed by atoms with Crippen LogP contribution in [0.5, 0.6) is 5.75 Å². The van der Waals surface area contributed by atoms with Crippen LogP contribution in [0.2, 0.25) is 0 Å². The maximum absolute atomic E-state index is 13.6. The quantitative estimate of drug-likeness (QED) is 0.582. The number of methoxy groups -OCH3 is 1. The number of aryl methyl sites for hydroxylation is 1. The first kappa shape index (κ1) is 23.9. The first-order valence-corrected chi connectivity index (χ1v) is 11.2. The molecule has 2 fully saturated rings. The Balaban J connectivity index is 2.08. The second kappa shape index (κ2) is 9.00. The van der Waals surface area contributed by atoms with Crippen molar-refractivity contribution in [2.45, 2.75) is 64.6 Å². The van der Waals surface area contributed by atoms with Gasteiger partial charge in [-0.3, -0.25) is 9.69 Å². The molecule has 1 aromatic rings. The van der Waals surface area contributed by atoms with Gasteiger partial charge in [0.15, 0.2) is 0 Å². The van der Waals surface area contributed by atoms with Gasteiger partial charge in [-0.2, -0.15) is 0 Å². The largest absolute Gasteiger partial charge is 0.497 e. The molecule has 174 valence electrons. The zero-order valence-corrected chi connectivity index (χ0v) is 20.0. The van der Waals surface area contributed by atoms with Crippen molar-refractivity contribution < 1.29 is 19.1 Å². The Hall–Kier alpha value is -2.76. The molecular weight excluding hydrogens is 404 g/mol. The summed E-state index contributed by atoms with van der Waals surface area (Å²) in [7, 11) is 1.64. The highest BCUT2D eigenvalue weighted by molar-refractivity contribution is 5.86. The molecule has 0 aromatic heterocycles. The number of fused-ring (bicyclic) bond motifs is 1. The second-order valence-electron chi connectivity index (χ2n) is 9.88. The molecule has 6 nitrogen and oxygen atoms in total. The van der Waals surface area contributed by atoms with Crippen LogP contribution >= 0.6 is 0 Å². The van der Waals surface area contributed by atoms with E-state index >= 15 is 0 Å². The zero-order valence-electron chi connectivity index (χ0n) is 20.0. The lowest BCUT2D eigenvalue weighted by Crippen LogP contribution is -2.56. The maximum atomic E-state index is 13.6. The lowest BCUT2D eigenvalue weighted by atomic mass is 9.76. The molecule has 1 aromatic carbocycles. The molecule has 2 atom stereocenters. The molecule has 0 unspecified atom stereocenters. The molecule has 2 aliphatic rings. The molecular formula is C26H36N2O4. The predicted molar refractivity (Wildman–Crippen MR) is 126 cm³/mol. The van der Waals surface area contributed by atoms with Crippen molar-refractivity contribution in [1.29, 1.82) is 0 Å². The Morgan fingerprint density at radius 1 is 1.22 bits per heavy atom. The van der Waals surface area contributed by atoms with Crippen molar-refractivity contribution in [1.82, 2.24) is 9.80 Å². The summed E-state index contributed by atoms with van der Waals surface area (Å²) in [4.78, 5) is 30.6. The number of rotatable bonds is 6. The second-order valence-corrected chi connectivity index (χ2v) is 9.88. The van der Waals surface area contributed by atoms with Gasteiger partial charge in [0, 0.05) is 13.1 Å². The first-order valence-electron chi connectivity index (χ1n) is 11.2. The fraction of sp³-hybridized carbons (Fsp3) is 0.538. The van der Waals surface area contributed by atoms with Crippen molar-refractivity contribution in [2.24, 2.45) is 5.41 Å². The van der Waals surface area contributed by atoms with Gasteiger partial charge in [-0.15, -0.1) is 13.2 Å². The molecule has 6 heteroatoms. The van der Waals surface area contributed by atoms with E-state index in [1.54, 1.807) is 12.0 Å². The van der Waals surface area contributed by atoms with E-state index in [0.29, 0.717) is 32.4 Å². The third-order valence-electron chi connectivity index (χ3n) is 6.49. The number of carbonyl (C=O) groups excluding carboxylic acids is 2. The third kappa shape index (κ3) is 4.41. The van der Waals surface area contributed by atoms with Crippen molar-refractivity contribution in [3.8, 4) is 5.75 Å². The van der Waals surface area contributed by atoms with Crippen LogP contribution in [0.1, 0.15) is 57.2 Å². The number of benzene rings is 1. The molecule has 0 spiro atoms. The minimum Gasteiger partial charge on any atom is -0.497 e. The van der Waals surface area contributed by atoms with Crippen LogP contribution in [-0.2, 0) is 9.53 Å². The fourth-order valence-corrected chi connectivity index (χ4v) is 5.15. The zero-order chi connectivity index (χ0) is 23.7. The van der Waals surface area contributed by atoms with Crippen LogP contribution in [0.3, 0.4) is 0 Å². The summed E-state index contributed by atoms with van der Waals surface area (Å²) in [6.45, 7) is 16.3. The number of hydrogen-bond donors (Lipinski definition) is 0. The van der Waals surface area contributed by atoms with Gasteiger partial charge in [-0.25, -0.2) is 4.79 Å². The van der Waals surface area contributed by atoms with Crippen LogP contribution in [-0.4, -0.2) is 53.6 Å². The summed E-state index contributed by atoms with van der Waals surface area (Å²) in [6.07, 6.45) is 5.10. The van der Waals surface area contributed by atoms with Crippen molar-refractivity contribution >= 4 is 12.0 Å². The summed E-state index contributed by atoms with van der Waals surface area (Å²) < 4.78 is 11.1. The Labute approximate surface area is 191 Å². The van der Waals surface area contributed by atoms with Crippen molar-refractivity contribution in [3.63, 3.8) is 0 Å². The molecule has 3 rings (SSSR count). The van der Waals surface area contributed by atoms with Gasteiger partial charge < -0.3 is 14.4 Å². The summed E-state index contributed by atoms with van der Waals surface area (Å²) in [5.74, 6) is 0.889. The van der Waals surface area contributed by atoms with Gasteiger partial charge in [0.2, 0.25) is 5.91 Å². The maximum Gasteiger partial charge on any atom is 0.410 e. The van der Waals surface area contributed by atoms with Gasteiger partial charge in [-0.05, 0) is 70.2 Å². The Kier molecular flexibility index (Phi) is 6.72. The van der Waals surface area contributed by atoms with Gasteiger partial charge in [0.1, 0.15) is 11.4 Å². The molecule has 0 aliphatic carbocycles. The topological polar surface area (TPSA) is 59.1 Å². The molecule has 2 aliphatic heterocycles. The van der Waals surface area contributed by atoms with Crippen LogP contribution in [0.15, 0.2) is 43.5 Å². The lowest BCUT2D eigenvalue weighted by Gasteiger charge is -2.45. The fourth-order valence-electron chi connectivity index (χ4n) is 5.15. The van der Waals surface area contributed by atoms with E-state index in [9.17, 15) is 9.59 Å². The number of ether oxygens (including phenoxy) is 2. The van der Waals surface area contributed by atoms with Gasteiger partial charge >= 0.3 is 6.09 Å². The molecule has 0 N–H and O–H groups in total. The normalized spacial score (nSPS) is 22.3. The molecule has 0 saturated carbocycles. The van der Waals surface area contributed by atoms with Crippen LogP contribution < -0.4 is 4.74 Å². The number of piperazine rings is 1. The van der Waals surface area contributed by atoms with E-state index in [1.807, 2.05) is 62.9 Å². The number of nitrogens with zero attached hydrogens (tertiary/aromatic N) is 2. The first-order chi connectivity index (χ1) is 15.1. The smallest absolute Gasteiger partial charge is 0.410 e. The number of allylic oxidation sites excluding steroid dienone is 2. The molecule has 32 heavy (non-hydrogen) atoms. The Morgan fingerprint density at radius 2 is 1.88 bits per heavy atom. The number of hydrogen-bond acceptors (Lipinski definition) is 4. The van der Waals surface area contributed by atoms with Crippen molar-refractivity contribution in [3.05, 3.63) is 54.6 Å². The summed E-state index contributed by atoms with van der Waals surface area (Å²) >= 11 is 0. The van der Waals surface area contributed by atoms with Crippen LogP contribution in [0, 0.1) is 12.3 Å². The SMILES string of the molecule is C=CCC1(CC=C)C[C@H]2[C@@H](c3ccc(OC)cc3C)N(C(=O)OC(C)(C)C)CCN2C1=O. The monoisotopic (exact) mass is 440 g/mol. The average Bonchev–Trinajstić information content (AvgIpc) is 2.98. The lowest BCUT2D eigenvalue weighted by molar-refractivity contribution is -0.139. The molecule has 0 bridgehead atoms. The molecule has 2 amide bonds. The highest BCUT2D eigenvalue weighted by Gasteiger charge is 2.56. The van der Waals surface area contributed by atoms with Crippen LogP contribution in [0.25, 0.3) is 0 Å². The highest BCUT2D eigenvalue weighted by atomic mass is 16.6. The van der Waals surface area contributed by atoms with E-state index < -0.39 is 11.0 Å². The van der Waals surface area contributed by atoms with E-state index in [4.69, 9.17) is 9.47 Å². The molecule has 2 saturated heterocycles. The van der Waals surface area contributed by atoms with E-state index in [2.05, 4.69) is 13.2 Å². The summed E-state index contributed by atoms with van der Waals surface area (Å²) in [6, 6.07) is 5.44. The van der Waals surface area contributed by atoms with E-state index in [1.165, 1.54) is 0 Å². The van der Waals surface area contributed by atoms with Gasteiger partial charge in [-0.1, -0.05) is 18.2 Å². The minimum absolute atomic E-state index is 0.127. The van der Waals surface area contributed by atoms with Gasteiger partial charge in [0.05, 0.1) is 24.6 Å². The number of amides is 2. The molecule has 0 radical (unpaired) electrons. The average molecular weight is 441 g/mol. The minimum atomic E-state index is -0.603.